The van der Waals surface area contributed by atoms with Crippen molar-refractivity contribution >= 4 is 21.8 Å². The predicted octanol–water partition coefficient (Wildman–Crippen LogP) is 21.5. The van der Waals surface area contributed by atoms with Gasteiger partial charge in [-0.05, 0) is 181 Å². The summed E-state index contributed by atoms with van der Waals surface area (Å²) in [7, 11) is 0. The van der Waals surface area contributed by atoms with E-state index in [-0.39, 0.29) is 27.8 Å². The molecule has 12 rings (SSSR count). The van der Waals surface area contributed by atoms with E-state index in [4.69, 9.17) is 0 Å². The molecule has 0 saturated carbocycles. The van der Waals surface area contributed by atoms with Crippen LogP contribution in [-0.4, -0.2) is 4.57 Å². The van der Waals surface area contributed by atoms with Gasteiger partial charge in [-0.15, -0.1) is 0 Å². The first-order chi connectivity index (χ1) is 38.5. The van der Waals surface area contributed by atoms with E-state index in [0.717, 1.165) is 73.7 Å². The maximum absolute atomic E-state index is 14.8. The van der Waals surface area contributed by atoms with Crippen molar-refractivity contribution in [3.8, 4) is 94.7 Å². The molecule has 0 saturated heterocycles. The number of aryl methyl sites for hydroxylation is 1. The molecule has 0 spiro atoms. The molecule has 0 aliphatic heterocycles. The van der Waals surface area contributed by atoms with Crippen LogP contribution in [0, 0.1) is 6.92 Å². The number of hydrogen-bond donors (Lipinski definition) is 0. The molecule has 12 aromatic rings. The highest BCUT2D eigenvalue weighted by molar-refractivity contribution is 6.12. The molecule has 10 heteroatoms. The largest absolute Gasteiger partial charge is 0.417 e. The van der Waals surface area contributed by atoms with Crippen molar-refractivity contribution in [2.45, 2.75) is 25.5 Å². The Balaban J connectivity index is 1.14. The van der Waals surface area contributed by atoms with E-state index in [2.05, 4.69) is 34.9 Å². The third-order valence-electron chi connectivity index (χ3n) is 14.8. The summed E-state index contributed by atoms with van der Waals surface area (Å²) in [6.07, 6.45) is -14.2. The minimum Gasteiger partial charge on any atom is -0.309 e. The van der Waals surface area contributed by atoms with Crippen LogP contribution in [0.25, 0.3) is 117 Å². The zero-order valence-corrected chi connectivity index (χ0v) is 42.5. The van der Waals surface area contributed by atoms with Crippen molar-refractivity contribution in [1.82, 2.24) is 4.57 Å². The van der Waals surface area contributed by atoms with Gasteiger partial charge in [-0.3, -0.25) is 0 Å². The fourth-order valence-corrected chi connectivity index (χ4v) is 11.2. The van der Waals surface area contributed by atoms with Crippen LogP contribution in [0.1, 0.15) is 22.3 Å². The molecule has 1 aromatic heterocycles. The van der Waals surface area contributed by atoms with E-state index < -0.39 is 35.2 Å². The summed E-state index contributed by atoms with van der Waals surface area (Å²) in [4.78, 5) is 0. The Morgan fingerprint density at radius 1 is 0.250 bits per heavy atom. The molecule has 0 radical (unpaired) electrons. The SMILES string of the molecule is Cc1ccccc1-c1cc(-c2ccc3c(c2)c2cc(-c4cc(-c5ccccc5C(F)(F)F)cc(-c5ccccc5C(F)(F)F)c4)ccc2n3-c2ccccc2-c2ccccc2-c2ccccc2)cc(-c2ccccc2C(F)(F)F)c1. The molecule has 11 aromatic carbocycles. The number of aromatic nitrogens is 1. The van der Waals surface area contributed by atoms with E-state index in [1.165, 1.54) is 54.6 Å². The van der Waals surface area contributed by atoms with Crippen LogP contribution in [0.15, 0.2) is 249 Å². The smallest absolute Gasteiger partial charge is 0.309 e. The summed E-state index contributed by atoms with van der Waals surface area (Å²) < 4.78 is 135. The lowest BCUT2D eigenvalue weighted by Gasteiger charge is -2.18. The second-order valence-electron chi connectivity index (χ2n) is 19.8. The Hall–Kier alpha value is -9.41. The molecule has 0 N–H and O–H groups in total. The van der Waals surface area contributed by atoms with Crippen molar-refractivity contribution in [2.24, 2.45) is 0 Å². The molecule has 1 nitrogen and oxygen atoms in total. The highest BCUT2D eigenvalue weighted by Crippen LogP contribution is 2.47. The van der Waals surface area contributed by atoms with Gasteiger partial charge in [0.15, 0.2) is 0 Å². The first-order valence-electron chi connectivity index (χ1n) is 25.7. The van der Waals surface area contributed by atoms with Crippen molar-refractivity contribution < 1.29 is 39.5 Å². The van der Waals surface area contributed by atoms with Gasteiger partial charge in [-0.1, -0.05) is 164 Å². The molecule has 0 aliphatic carbocycles. The van der Waals surface area contributed by atoms with E-state index >= 15 is 0 Å². The predicted molar refractivity (Wildman–Crippen MR) is 304 cm³/mol. The molecule has 0 amide bonds. The number of alkyl halides is 9. The lowest BCUT2D eigenvalue weighted by atomic mass is 9.89. The zero-order chi connectivity index (χ0) is 55.5. The lowest BCUT2D eigenvalue weighted by Crippen LogP contribution is -2.08. The second kappa shape index (κ2) is 20.1. The standard InChI is InChI=1S/C70H44F9N/c1-43-17-5-6-20-53(43)49-35-47(36-50(39-49)55-22-9-13-27-62(55)68(71,72)73)45-31-33-66-60(41-45)61-42-46(32-34-67(61)80(66)65-30-16-12-26-59(65)58-25-8-7-21-54(58)44-18-3-2-4-19-44)48-37-51(56-23-10-14-28-63(56)69(74,75)76)40-52(38-48)57-24-11-15-29-64(57)70(77,78)79/h2-42H,1H3. The summed E-state index contributed by atoms with van der Waals surface area (Å²) in [6, 6.07) is 70.9. The van der Waals surface area contributed by atoms with Gasteiger partial charge in [0.2, 0.25) is 0 Å². The fourth-order valence-electron chi connectivity index (χ4n) is 11.2. The van der Waals surface area contributed by atoms with Crippen LogP contribution in [-0.2, 0) is 18.5 Å². The van der Waals surface area contributed by atoms with Gasteiger partial charge < -0.3 is 4.57 Å². The Bertz CT molecular complexity index is 4260. The highest BCUT2D eigenvalue weighted by atomic mass is 19.4. The molecular formula is C70H44F9N. The van der Waals surface area contributed by atoms with Crippen molar-refractivity contribution in [2.75, 3.05) is 0 Å². The van der Waals surface area contributed by atoms with Gasteiger partial charge in [0, 0.05) is 16.3 Å². The molecule has 0 bridgehead atoms. The Morgan fingerprint density at radius 2 is 0.588 bits per heavy atom. The van der Waals surface area contributed by atoms with Gasteiger partial charge in [-0.25, -0.2) is 0 Å². The van der Waals surface area contributed by atoms with Crippen molar-refractivity contribution in [1.29, 1.82) is 0 Å². The zero-order valence-electron chi connectivity index (χ0n) is 42.5. The molecule has 0 fully saturated rings. The minimum atomic E-state index is -4.78. The molecule has 80 heavy (non-hydrogen) atoms. The number of nitrogens with zero attached hydrogens (tertiary/aromatic N) is 1. The van der Waals surface area contributed by atoms with Crippen LogP contribution in [0.5, 0.6) is 0 Å². The summed E-state index contributed by atoms with van der Waals surface area (Å²) in [5, 5.41) is 1.42. The van der Waals surface area contributed by atoms with Gasteiger partial charge in [0.05, 0.1) is 33.4 Å². The summed E-state index contributed by atoms with van der Waals surface area (Å²) >= 11 is 0. The second-order valence-corrected chi connectivity index (χ2v) is 19.8. The van der Waals surface area contributed by atoms with E-state index in [0.29, 0.717) is 38.8 Å². The Kier molecular flexibility index (Phi) is 12.9. The van der Waals surface area contributed by atoms with E-state index in [1.807, 2.05) is 122 Å². The first-order valence-corrected chi connectivity index (χ1v) is 25.7. The highest BCUT2D eigenvalue weighted by Gasteiger charge is 2.36. The average molecular weight is 1070 g/mol. The molecular weight excluding hydrogens is 1030 g/mol. The maximum atomic E-state index is 14.8. The summed E-state index contributed by atoms with van der Waals surface area (Å²) in [6.45, 7) is 1.95. The van der Waals surface area contributed by atoms with Crippen LogP contribution < -0.4 is 0 Å². The van der Waals surface area contributed by atoms with Gasteiger partial charge in [0.1, 0.15) is 0 Å². The fraction of sp³-hybridized carbons (Fsp3) is 0.0571. The number of hydrogen-bond acceptors (Lipinski definition) is 0. The molecule has 1 heterocycles. The number of rotatable bonds is 9. The van der Waals surface area contributed by atoms with Crippen LogP contribution in [0.3, 0.4) is 0 Å². The molecule has 392 valence electrons. The van der Waals surface area contributed by atoms with E-state index in [9.17, 15) is 39.5 Å². The summed E-state index contributed by atoms with van der Waals surface area (Å²) in [5.41, 5.74) is 8.29. The number of halogens is 9. The van der Waals surface area contributed by atoms with Crippen LogP contribution in [0.2, 0.25) is 0 Å². The van der Waals surface area contributed by atoms with Gasteiger partial charge >= 0.3 is 18.5 Å². The number of benzene rings is 11. The Morgan fingerprint density at radius 3 is 1.02 bits per heavy atom. The normalized spacial score (nSPS) is 12.1. The molecule has 0 atom stereocenters. The molecule has 0 aliphatic rings. The van der Waals surface area contributed by atoms with Gasteiger partial charge in [0.25, 0.3) is 0 Å². The maximum Gasteiger partial charge on any atom is 0.417 e. The van der Waals surface area contributed by atoms with E-state index in [1.54, 1.807) is 30.3 Å². The quantitative estimate of drug-likeness (QED) is 0.127. The number of para-hydroxylation sites is 1. The third-order valence-corrected chi connectivity index (χ3v) is 14.8. The average Bonchev–Trinajstić information content (AvgIpc) is 4.04. The number of fused-ring (bicyclic) bond motifs is 3. The van der Waals surface area contributed by atoms with Crippen molar-refractivity contribution in [3.63, 3.8) is 0 Å². The minimum absolute atomic E-state index is 0.0173. The molecule has 0 unspecified atom stereocenters. The monoisotopic (exact) mass is 1070 g/mol. The first kappa shape index (κ1) is 51.4. The van der Waals surface area contributed by atoms with Crippen molar-refractivity contribution in [3.05, 3.63) is 271 Å². The Labute approximate surface area is 455 Å². The van der Waals surface area contributed by atoms with Crippen LogP contribution >= 0.6 is 0 Å². The third kappa shape index (κ3) is 9.61. The lowest BCUT2D eigenvalue weighted by molar-refractivity contribution is -0.137. The van der Waals surface area contributed by atoms with Gasteiger partial charge in [-0.2, -0.15) is 39.5 Å². The summed E-state index contributed by atoms with van der Waals surface area (Å²) in [5.74, 6) is 0. The van der Waals surface area contributed by atoms with Crippen LogP contribution in [0.4, 0.5) is 39.5 Å². The topological polar surface area (TPSA) is 4.93 Å².